The Labute approximate surface area is 141 Å². The van der Waals surface area contributed by atoms with Gasteiger partial charge in [-0.15, -0.1) is 0 Å². The third kappa shape index (κ3) is 3.10. The monoisotopic (exact) mass is 351 g/mol. The van der Waals surface area contributed by atoms with Crippen LogP contribution in [0.5, 0.6) is 0 Å². The standard InChI is InChI=1S/C14H17N5O6/c1-6(21)23-10-8(3-20)25-14(11(10)24-7(2)22)19-5-18-9-12(15)16-4-17-13(9)19/h4-5,8,10-11,14,20H,3H2,1-2H3,(H2,15,16,17)/t8-,10+,11-,14+/m0/s1. The molecule has 134 valence electrons. The van der Waals surface area contributed by atoms with Gasteiger partial charge in [0.15, 0.2) is 29.9 Å². The van der Waals surface area contributed by atoms with Crippen LogP contribution in [0.4, 0.5) is 5.82 Å². The van der Waals surface area contributed by atoms with Crippen LogP contribution >= 0.6 is 0 Å². The maximum atomic E-state index is 11.5. The molecular weight excluding hydrogens is 334 g/mol. The van der Waals surface area contributed by atoms with Crippen LogP contribution in [-0.4, -0.2) is 61.5 Å². The molecule has 2 aromatic rings. The van der Waals surface area contributed by atoms with Crippen molar-refractivity contribution in [3.05, 3.63) is 12.7 Å². The van der Waals surface area contributed by atoms with Crippen LogP contribution < -0.4 is 5.73 Å². The van der Waals surface area contributed by atoms with Gasteiger partial charge in [0, 0.05) is 13.8 Å². The second-order valence-electron chi connectivity index (χ2n) is 5.48. The zero-order valence-corrected chi connectivity index (χ0v) is 13.5. The Hall–Kier alpha value is -2.79. The number of nitrogens with zero attached hydrogens (tertiary/aromatic N) is 4. The first-order chi connectivity index (χ1) is 11.9. The Balaban J connectivity index is 2.04. The van der Waals surface area contributed by atoms with E-state index in [4.69, 9.17) is 19.9 Å². The molecule has 3 N–H and O–H groups in total. The first-order valence-corrected chi connectivity index (χ1v) is 7.46. The normalized spacial score (nSPS) is 25.9. The van der Waals surface area contributed by atoms with Crippen LogP contribution in [-0.2, 0) is 23.8 Å². The minimum atomic E-state index is -0.993. The van der Waals surface area contributed by atoms with Gasteiger partial charge in [0.1, 0.15) is 17.9 Å². The van der Waals surface area contributed by atoms with Crippen LogP contribution in [0.25, 0.3) is 11.2 Å². The van der Waals surface area contributed by atoms with E-state index >= 15 is 0 Å². The largest absolute Gasteiger partial charge is 0.456 e. The number of ether oxygens (including phenoxy) is 3. The van der Waals surface area contributed by atoms with Crippen molar-refractivity contribution >= 4 is 28.9 Å². The second kappa shape index (κ2) is 6.61. The van der Waals surface area contributed by atoms with Gasteiger partial charge in [-0.25, -0.2) is 15.0 Å². The summed E-state index contributed by atoms with van der Waals surface area (Å²) in [6.07, 6.45) is -1.10. The molecule has 0 spiro atoms. The molecule has 1 aliphatic rings. The summed E-state index contributed by atoms with van der Waals surface area (Å²) in [7, 11) is 0. The Bertz CT molecular complexity index is 808. The van der Waals surface area contributed by atoms with Gasteiger partial charge in [0.05, 0.1) is 12.9 Å². The lowest BCUT2D eigenvalue weighted by atomic mass is 10.1. The molecule has 1 saturated heterocycles. The Morgan fingerprint density at radius 2 is 1.92 bits per heavy atom. The van der Waals surface area contributed by atoms with Crippen LogP contribution in [0.3, 0.4) is 0 Å². The number of nitrogen functional groups attached to an aromatic ring is 1. The zero-order chi connectivity index (χ0) is 18.1. The molecule has 0 aromatic carbocycles. The maximum Gasteiger partial charge on any atom is 0.303 e. The lowest BCUT2D eigenvalue weighted by Crippen LogP contribution is -2.40. The number of hydrogen-bond acceptors (Lipinski definition) is 10. The Morgan fingerprint density at radius 1 is 1.24 bits per heavy atom. The lowest BCUT2D eigenvalue weighted by Gasteiger charge is -2.23. The van der Waals surface area contributed by atoms with Crippen molar-refractivity contribution in [3.8, 4) is 0 Å². The van der Waals surface area contributed by atoms with Crippen molar-refractivity contribution in [2.75, 3.05) is 12.3 Å². The highest BCUT2D eigenvalue weighted by Gasteiger charge is 2.50. The highest BCUT2D eigenvalue weighted by atomic mass is 16.6. The van der Waals surface area contributed by atoms with Gasteiger partial charge in [-0.2, -0.15) is 0 Å². The Kier molecular flexibility index (Phi) is 4.51. The summed E-state index contributed by atoms with van der Waals surface area (Å²) >= 11 is 0. The highest BCUT2D eigenvalue weighted by molar-refractivity contribution is 5.81. The summed E-state index contributed by atoms with van der Waals surface area (Å²) in [4.78, 5) is 35.0. The molecule has 2 aromatic heterocycles. The van der Waals surface area contributed by atoms with E-state index in [1.54, 1.807) is 0 Å². The van der Waals surface area contributed by atoms with Gasteiger partial charge >= 0.3 is 11.9 Å². The molecular formula is C14H17N5O6. The molecule has 0 amide bonds. The van der Waals surface area contributed by atoms with Gasteiger partial charge in [0.25, 0.3) is 0 Å². The van der Waals surface area contributed by atoms with Gasteiger partial charge in [-0.1, -0.05) is 0 Å². The van der Waals surface area contributed by atoms with E-state index in [0.29, 0.717) is 11.2 Å². The van der Waals surface area contributed by atoms with Crippen molar-refractivity contribution in [3.63, 3.8) is 0 Å². The number of imidazole rings is 1. The predicted molar refractivity (Wildman–Crippen MR) is 81.8 cm³/mol. The van der Waals surface area contributed by atoms with E-state index in [-0.39, 0.29) is 5.82 Å². The molecule has 0 unspecified atom stereocenters. The number of aromatic nitrogens is 4. The van der Waals surface area contributed by atoms with Crippen molar-refractivity contribution in [1.82, 2.24) is 19.5 Å². The third-order valence-electron chi connectivity index (χ3n) is 3.73. The second-order valence-corrected chi connectivity index (χ2v) is 5.48. The molecule has 11 nitrogen and oxygen atoms in total. The average Bonchev–Trinajstić information content (AvgIpc) is 3.10. The first kappa shape index (κ1) is 17.0. The van der Waals surface area contributed by atoms with E-state index in [1.165, 1.54) is 31.1 Å². The number of fused-ring (bicyclic) bond motifs is 1. The molecule has 1 aliphatic heterocycles. The smallest absolute Gasteiger partial charge is 0.303 e. The average molecular weight is 351 g/mol. The molecule has 0 bridgehead atoms. The SMILES string of the molecule is CC(=O)O[C@H]1[C@H](OC(C)=O)[C@H](n2cnc3c(N)ncnc32)O[C@H]1CO. The van der Waals surface area contributed by atoms with Gasteiger partial charge < -0.3 is 25.1 Å². The summed E-state index contributed by atoms with van der Waals surface area (Å²) in [5.41, 5.74) is 6.48. The number of nitrogens with two attached hydrogens (primary N) is 1. The fourth-order valence-corrected chi connectivity index (χ4v) is 2.79. The molecule has 3 heterocycles. The van der Waals surface area contributed by atoms with E-state index in [9.17, 15) is 14.7 Å². The molecule has 0 aliphatic carbocycles. The summed E-state index contributed by atoms with van der Waals surface area (Å²) in [5.74, 6) is -0.999. The summed E-state index contributed by atoms with van der Waals surface area (Å²) in [6.45, 7) is 2.00. The number of carbonyl (C=O) groups excluding carboxylic acids is 2. The van der Waals surface area contributed by atoms with E-state index in [2.05, 4.69) is 15.0 Å². The van der Waals surface area contributed by atoms with Crippen LogP contribution in [0.1, 0.15) is 20.1 Å². The fraction of sp³-hybridized carbons (Fsp3) is 0.500. The topological polar surface area (TPSA) is 152 Å². The van der Waals surface area contributed by atoms with Crippen LogP contribution in [0.2, 0.25) is 0 Å². The predicted octanol–water partition coefficient (Wildman–Crippen LogP) is -0.838. The van der Waals surface area contributed by atoms with E-state index in [1.807, 2.05) is 0 Å². The van der Waals surface area contributed by atoms with Gasteiger partial charge in [0.2, 0.25) is 0 Å². The number of aliphatic hydroxyl groups excluding tert-OH is 1. The van der Waals surface area contributed by atoms with Crippen molar-refractivity contribution in [2.24, 2.45) is 0 Å². The minimum Gasteiger partial charge on any atom is -0.456 e. The number of hydrogen-bond donors (Lipinski definition) is 2. The molecule has 0 saturated carbocycles. The first-order valence-electron chi connectivity index (χ1n) is 7.46. The summed E-state index contributed by atoms with van der Waals surface area (Å²) in [5, 5.41) is 9.55. The van der Waals surface area contributed by atoms with E-state index < -0.39 is 43.1 Å². The molecule has 11 heteroatoms. The molecule has 4 atom stereocenters. The Morgan fingerprint density at radius 3 is 2.56 bits per heavy atom. The number of aliphatic hydroxyl groups is 1. The lowest BCUT2D eigenvalue weighted by molar-refractivity contribution is -0.165. The number of carbonyl (C=O) groups is 2. The molecule has 3 rings (SSSR count). The number of rotatable bonds is 4. The van der Waals surface area contributed by atoms with Crippen molar-refractivity contribution in [1.29, 1.82) is 0 Å². The van der Waals surface area contributed by atoms with Crippen LogP contribution in [0.15, 0.2) is 12.7 Å². The van der Waals surface area contributed by atoms with Gasteiger partial charge in [-0.05, 0) is 0 Å². The number of anilines is 1. The molecule has 25 heavy (non-hydrogen) atoms. The van der Waals surface area contributed by atoms with Crippen molar-refractivity contribution in [2.45, 2.75) is 38.4 Å². The summed E-state index contributed by atoms with van der Waals surface area (Å²) < 4.78 is 17.7. The fourth-order valence-electron chi connectivity index (χ4n) is 2.79. The third-order valence-corrected chi connectivity index (χ3v) is 3.73. The molecule has 1 fully saturated rings. The van der Waals surface area contributed by atoms with Crippen LogP contribution in [0, 0.1) is 0 Å². The van der Waals surface area contributed by atoms with Crippen molar-refractivity contribution < 1.29 is 28.9 Å². The minimum absolute atomic E-state index is 0.182. The highest BCUT2D eigenvalue weighted by Crippen LogP contribution is 2.35. The maximum absolute atomic E-state index is 11.5. The number of esters is 2. The molecule has 0 radical (unpaired) electrons. The van der Waals surface area contributed by atoms with Gasteiger partial charge in [-0.3, -0.25) is 14.2 Å². The quantitative estimate of drug-likeness (QED) is 0.667. The van der Waals surface area contributed by atoms with E-state index in [0.717, 1.165) is 0 Å². The zero-order valence-electron chi connectivity index (χ0n) is 13.5. The summed E-state index contributed by atoms with van der Waals surface area (Å²) in [6, 6.07) is 0.